The molecule has 8 heteroatoms. The van der Waals surface area contributed by atoms with Gasteiger partial charge in [-0.2, -0.15) is 0 Å². The Bertz CT molecular complexity index is 1170. The van der Waals surface area contributed by atoms with Crippen molar-refractivity contribution in [1.82, 2.24) is 9.97 Å². The number of anilines is 1. The molecular weight excluding hydrogens is 414 g/mol. The van der Waals surface area contributed by atoms with Gasteiger partial charge in [0.1, 0.15) is 10.7 Å². The van der Waals surface area contributed by atoms with E-state index in [0.29, 0.717) is 42.0 Å². The number of aromatic amines is 1. The first kappa shape index (κ1) is 21.4. The summed E-state index contributed by atoms with van der Waals surface area (Å²) >= 11 is 1.62. The fourth-order valence-corrected chi connectivity index (χ4v) is 5.39. The number of carbonyl (C=O) groups excluding carboxylic acids is 1. The Morgan fingerprint density at radius 1 is 1.35 bits per heavy atom. The molecule has 0 spiro atoms. The summed E-state index contributed by atoms with van der Waals surface area (Å²) in [7, 11) is 1.56. The van der Waals surface area contributed by atoms with Gasteiger partial charge in [0.25, 0.3) is 5.56 Å². The topological polar surface area (TPSA) is 93.3 Å². The van der Waals surface area contributed by atoms with E-state index in [1.165, 1.54) is 10.4 Å². The number of hydrogen-bond acceptors (Lipinski definition) is 6. The van der Waals surface area contributed by atoms with E-state index in [0.717, 1.165) is 29.5 Å². The minimum atomic E-state index is -0.159. The Morgan fingerprint density at radius 3 is 2.97 bits per heavy atom. The molecule has 1 atom stereocenters. The standard InChI is InChI=1S/C23H27N3O4S/c1-4-30-16-8-6-14(12-17(16)29-3)24-20(27)10-9-19-25-22(28)21-15-7-5-13(2)11-18(15)31-23(21)26-19/h6,8,12-13H,4-5,7,9-11H2,1-3H3,(H,24,27)(H,25,26,28). The SMILES string of the molecule is CCOc1ccc(NC(=O)CCc2nc3sc4c(c3c(=O)[nH]2)CCC(C)C4)cc1OC. The molecule has 3 aromatic rings. The van der Waals surface area contributed by atoms with Gasteiger partial charge in [-0.1, -0.05) is 6.92 Å². The molecule has 31 heavy (non-hydrogen) atoms. The molecule has 2 N–H and O–H groups in total. The first-order chi connectivity index (χ1) is 15.0. The summed E-state index contributed by atoms with van der Waals surface area (Å²) in [6.45, 7) is 4.68. The fraction of sp³-hybridized carbons (Fsp3) is 0.435. The predicted octanol–water partition coefficient (Wildman–Crippen LogP) is 4.09. The monoisotopic (exact) mass is 441 g/mol. The van der Waals surface area contributed by atoms with Crippen molar-refractivity contribution in [3.05, 3.63) is 44.8 Å². The highest BCUT2D eigenvalue weighted by atomic mass is 32.1. The van der Waals surface area contributed by atoms with Crippen LogP contribution in [0.1, 0.15) is 43.0 Å². The number of H-pyrrole nitrogens is 1. The summed E-state index contributed by atoms with van der Waals surface area (Å²) < 4.78 is 10.8. The van der Waals surface area contributed by atoms with Crippen LogP contribution in [-0.2, 0) is 24.1 Å². The average molecular weight is 442 g/mol. The van der Waals surface area contributed by atoms with E-state index >= 15 is 0 Å². The largest absolute Gasteiger partial charge is 0.493 e. The van der Waals surface area contributed by atoms with E-state index < -0.39 is 0 Å². The number of nitrogens with zero attached hydrogens (tertiary/aromatic N) is 1. The highest BCUT2D eigenvalue weighted by Crippen LogP contribution is 2.35. The van der Waals surface area contributed by atoms with Crippen molar-refractivity contribution in [3.8, 4) is 11.5 Å². The highest BCUT2D eigenvalue weighted by Gasteiger charge is 2.23. The number of ether oxygens (including phenoxy) is 2. The zero-order valence-electron chi connectivity index (χ0n) is 18.0. The van der Waals surface area contributed by atoms with Crippen molar-refractivity contribution >= 4 is 33.1 Å². The van der Waals surface area contributed by atoms with E-state index in [-0.39, 0.29) is 17.9 Å². The van der Waals surface area contributed by atoms with Crippen LogP contribution in [0.2, 0.25) is 0 Å². The second-order valence-electron chi connectivity index (χ2n) is 7.89. The van der Waals surface area contributed by atoms with Gasteiger partial charge in [-0.15, -0.1) is 11.3 Å². The summed E-state index contributed by atoms with van der Waals surface area (Å²) in [4.78, 5) is 34.7. The second kappa shape index (κ2) is 9.09. The molecule has 4 rings (SSSR count). The van der Waals surface area contributed by atoms with Gasteiger partial charge < -0.3 is 19.8 Å². The first-order valence-electron chi connectivity index (χ1n) is 10.6. The normalized spacial score (nSPS) is 15.5. The molecule has 0 saturated carbocycles. The number of nitrogens with one attached hydrogen (secondary N) is 2. The number of methoxy groups -OCH3 is 1. The number of benzene rings is 1. The van der Waals surface area contributed by atoms with Crippen LogP contribution in [0.3, 0.4) is 0 Å². The Labute approximate surface area is 184 Å². The Hall–Kier alpha value is -2.87. The minimum Gasteiger partial charge on any atom is -0.493 e. The van der Waals surface area contributed by atoms with Crippen LogP contribution < -0.4 is 20.3 Å². The van der Waals surface area contributed by atoms with Gasteiger partial charge in [-0.3, -0.25) is 9.59 Å². The summed E-state index contributed by atoms with van der Waals surface area (Å²) in [6, 6.07) is 5.27. The number of aryl methyl sites for hydroxylation is 2. The molecule has 2 heterocycles. The van der Waals surface area contributed by atoms with Crippen LogP contribution in [0.25, 0.3) is 10.2 Å². The van der Waals surface area contributed by atoms with Crippen LogP contribution in [0.15, 0.2) is 23.0 Å². The molecule has 0 bridgehead atoms. The Kier molecular flexibility index (Phi) is 6.27. The predicted molar refractivity (Wildman–Crippen MR) is 123 cm³/mol. The first-order valence-corrected chi connectivity index (χ1v) is 11.4. The number of amides is 1. The number of carbonyl (C=O) groups is 1. The maximum Gasteiger partial charge on any atom is 0.259 e. The quantitative estimate of drug-likeness (QED) is 0.576. The highest BCUT2D eigenvalue weighted by molar-refractivity contribution is 7.18. The van der Waals surface area contributed by atoms with Crippen molar-refractivity contribution in [2.45, 2.75) is 46.0 Å². The fourth-order valence-electron chi connectivity index (χ4n) is 3.99. The molecule has 1 aliphatic rings. The number of aromatic nitrogens is 2. The molecule has 1 unspecified atom stereocenters. The van der Waals surface area contributed by atoms with E-state index in [2.05, 4.69) is 22.2 Å². The van der Waals surface area contributed by atoms with Crippen molar-refractivity contribution in [2.24, 2.45) is 5.92 Å². The van der Waals surface area contributed by atoms with Gasteiger partial charge in [-0.25, -0.2) is 4.98 Å². The molecule has 2 aromatic heterocycles. The molecule has 0 aliphatic heterocycles. The average Bonchev–Trinajstić information content (AvgIpc) is 3.11. The van der Waals surface area contributed by atoms with Gasteiger partial charge in [-0.05, 0) is 49.8 Å². The van der Waals surface area contributed by atoms with E-state index in [9.17, 15) is 9.59 Å². The molecule has 1 amide bonds. The summed E-state index contributed by atoms with van der Waals surface area (Å²) in [6.07, 6.45) is 3.64. The van der Waals surface area contributed by atoms with Crippen LogP contribution in [0, 0.1) is 5.92 Å². The zero-order chi connectivity index (χ0) is 22.0. The molecule has 7 nitrogen and oxygen atoms in total. The molecule has 164 valence electrons. The van der Waals surface area contributed by atoms with Gasteiger partial charge >= 0.3 is 0 Å². The third kappa shape index (κ3) is 4.58. The lowest BCUT2D eigenvalue weighted by molar-refractivity contribution is -0.116. The lowest BCUT2D eigenvalue weighted by atomic mass is 9.89. The molecule has 0 saturated heterocycles. The van der Waals surface area contributed by atoms with Gasteiger partial charge in [0.2, 0.25) is 5.91 Å². The minimum absolute atomic E-state index is 0.0938. The number of thiophene rings is 1. The number of hydrogen-bond donors (Lipinski definition) is 2. The summed E-state index contributed by atoms with van der Waals surface area (Å²) in [5.41, 5.74) is 1.70. The zero-order valence-corrected chi connectivity index (χ0v) is 18.9. The van der Waals surface area contributed by atoms with Crippen LogP contribution >= 0.6 is 11.3 Å². The maximum absolute atomic E-state index is 12.7. The van der Waals surface area contributed by atoms with E-state index in [1.807, 2.05) is 6.92 Å². The maximum atomic E-state index is 12.7. The number of fused-ring (bicyclic) bond motifs is 3. The van der Waals surface area contributed by atoms with E-state index in [1.54, 1.807) is 36.6 Å². The van der Waals surface area contributed by atoms with Crippen LogP contribution in [0.5, 0.6) is 11.5 Å². The van der Waals surface area contributed by atoms with Crippen molar-refractivity contribution < 1.29 is 14.3 Å². The van der Waals surface area contributed by atoms with Gasteiger partial charge in [0.05, 0.1) is 19.1 Å². The Morgan fingerprint density at radius 2 is 2.19 bits per heavy atom. The second-order valence-corrected chi connectivity index (χ2v) is 8.97. The van der Waals surface area contributed by atoms with Crippen LogP contribution in [0.4, 0.5) is 5.69 Å². The van der Waals surface area contributed by atoms with E-state index in [4.69, 9.17) is 9.47 Å². The summed E-state index contributed by atoms with van der Waals surface area (Å²) in [5, 5.41) is 3.60. The van der Waals surface area contributed by atoms with Crippen LogP contribution in [-0.4, -0.2) is 29.6 Å². The molecule has 0 fully saturated rings. The Balaban J connectivity index is 1.44. The number of rotatable bonds is 7. The molecule has 0 radical (unpaired) electrons. The van der Waals surface area contributed by atoms with Crippen molar-refractivity contribution in [2.75, 3.05) is 19.0 Å². The van der Waals surface area contributed by atoms with Crippen molar-refractivity contribution in [1.29, 1.82) is 0 Å². The third-order valence-electron chi connectivity index (χ3n) is 5.55. The molecular formula is C23H27N3O4S. The van der Waals surface area contributed by atoms with Gasteiger partial charge in [0.15, 0.2) is 11.5 Å². The molecule has 1 aromatic carbocycles. The summed E-state index contributed by atoms with van der Waals surface area (Å²) in [5.74, 6) is 2.22. The van der Waals surface area contributed by atoms with Crippen molar-refractivity contribution in [3.63, 3.8) is 0 Å². The molecule has 1 aliphatic carbocycles. The smallest absolute Gasteiger partial charge is 0.259 e. The van der Waals surface area contributed by atoms with Gasteiger partial charge in [0, 0.05) is 29.5 Å². The lowest BCUT2D eigenvalue weighted by Gasteiger charge is -2.17. The third-order valence-corrected chi connectivity index (χ3v) is 6.70. The lowest BCUT2D eigenvalue weighted by Crippen LogP contribution is -2.17.